The molecule has 118 valence electrons. The van der Waals surface area contributed by atoms with Crippen molar-refractivity contribution >= 4 is 18.3 Å². The Morgan fingerprint density at radius 2 is 2.05 bits per heavy atom. The molecule has 0 aromatic heterocycles. The zero-order valence-electron chi connectivity index (χ0n) is 12.1. The topological polar surface area (TPSA) is 59.6 Å². The van der Waals surface area contributed by atoms with Crippen molar-refractivity contribution in [2.75, 3.05) is 27.3 Å². The van der Waals surface area contributed by atoms with Gasteiger partial charge in [-0.3, -0.25) is 4.79 Å². The van der Waals surface area contributed by atoms with E-state index < -0.39 is 11.7 Å². The van der Waals surface area contributed by atoms with Gasteiger partial charge in [-0.05, 0) is 25.5 Å². The molecular formula is C14H20ClFN2O3. The first-order valence-electron chi connectivity index (χ1n) is 6.58. The Morgan fingerprint density at radius 1 is 1.38 bits per heavy atom. The van der Waals surface area contributed by atoms with Gasteiger partial charge < -0.3 is 20.1 Å². The summed E-state index contributed by atoms with van der Waals surface area (Å²) in [7, 11) is 2.86. The molecule has 0 spiro atoms. The number of halogens is 2. The Kier molecular flexibility index (Phi) is 6.71. The largest absolute Gasteiger partial charge is 0.493 e. The lowest BCUT2D eigenvalue weighted by Crippen LogP contribution is -2.37. The zero-order chi connectivity index (χ0) is 14.5. The van der Waals surface area contributed by atoms with Crippen LogP contribution in [-0.2, 0) is 0 Å². The highest BCUT2D eigenvalue weighted by molar-refractivity contribution is 5.95. The van der Waals surface area contributed by atoms with E-state index in [2.05, 4.69) is 10.6 Å². The molecule has 1 aliphatic heterocycles. The zero-order valence-corrected chi connectivity index (χ0v) is 12.9. The van der Waals surface area contributed by atoms with Crippen LogP contribution in [0.15, 0.2) is 12.1 Å². The van der Waals surface area contributed by atoms with Crippen LogP contribution >= 0.6 is 12.4 Å². The second kappa shape index (κ2) is 8.05. The van der Waals surface area contributed by atoms with Crippen LogP contribution in [0.2, 0.25) is 0 Å². The Bertz CT molecular complexity index is 493. The molecular weight excluding hydrogens is 299 g/mol. The minimum atomic E-state index is -0.625. The van der Waals surface area contributed by atoms with Crippen molar-refractivity contribution in [1.29, 1.82) is 0 Å². The first-order valence-corrected chi connectivity index (χ1v) is 6.58. The summed E-state index contributed by atoms with van der Waals surface area (Å²) in [5.74, 6) is -0.478. The summed E-state index contributed by atoms with van der Waals surface area (Å²) in [4.78, 5) is 12.0. The van der Waals surface area contributed by atoms with Crippen LogP contribution in [0.3, 0.4) is 0 Å². The first kappa shape index (κ1) is 17.5. The molecule has 1 amide bonds. The highest BCUT2D eigenvalue weighted by atomic mass is 35.5. The molecule has 1 fully saturated rings. The Hall–Kier alpha value is -1.53. The second-order valence-corrected chi connectivity index (χ2v) is 4.69. The number of hydrogen-bond acceptors (Lipinski definition) is 4. The van der Waals surface area contributed by atoms with Crippen molar-refractivity contribution in [2.45, 2.75) is 18.9 Å². The van der Waals surface area contributed by atoms with Crippen molar-refractivity contribution in [3.8, 4) is 11.5 Å². The number of ether oxygens (including phenoxy) is 2. The van der Waals surface area contributed by atoms with Crippen molar-refractivity contribution < 1.29 is 18.7 Å². The van der Waals surface area contributed by atoms with E-state index in [0.29, 0.717) is 12.3 Å². The van der Waals surface area contributed by atoms with Crippen LogP contribution in [0, 0.1) is 5.82 Å². The third-order valence-electron chi connectivity index (χ3n) is 3.39. The lowest BCUT2D eigenvalue weighted by atomic mass is 10.1. The quantitative estimate of drug-likeness (QED) is 0.868. The van der Waals surface area contributed by atoms with Crippen LogP contribution in [0.4, 0.5) is 4.39 Å². The number of methoxy groups -OCH3 is 2. The fraction of sp³-hybridized carbons (Fsp3) is 0.500. The first-order chi connectivity index (χ1) is 9.65. The lowest BCUT2D eigenvalue weighted by molar-refractivity contribution is 0.0946. The van der Waals surface area contributed by atoms with E-state index in [1.807, 2.05) is 0 Å². The molecule has 1 aromatic rings. The third-order valence-corrected chi connectivity index (χ3v) is 3.39. The number of amides is 1. The monoisotopic (exact) mass is 318 g/mol. The fourth-order valence-electron chi connectivity index (χ4n) is 2.27. The highest BCUT2D eigenvalue weighted by Crippen LogP contribution is 2.29. The van der Waals surface area contributed by atoms with Crippen LogP contribution in [0.25, 0.3) is 0 Å². The molecule has 1 aliphatic rings. The van der Waals surface area contributed by atoms with Gasteiger partial charge in [0.15, 0.2) is 11.5 Å². The van der Waals surface area contributed by atoms with E-state index in [-0.39, 0.29) is 29.8 Å². The van der Waals surface area contributed by atoms with E-state index in [9.17, 15) is 9.18 Å². The molecule has 1 heterocycles. The van der Waals surface area contributed by atoms with E-state index >= 15 is 0 Å². The normalized spacial score (nSPS) is 17.0. The van der Waals surface area contributed by atoms with E-state index in [1.54, 1.807) is 0 Å². The van der Waals surface area contributed by atoms with Gasteiger partial charge in [-0.15, -0.1) is 12.4 Å². The SMILES string of the molecule is COc1cc(F)c(C(=O)NCC2CCCN2)cc1OC.Cl. The Labute approximate surface area is 129 Å². The van der Waals surface area contributed by atoms with Crippen molar-refractivity contribution in [2.24, 2.45) is 0 Å². The molecule has 1 atom stereocenters. The standard InChI is InChI=1S/C14H19FN2O3.ClH/c1-19-12-6-10(11(15)7-13(12)20-2)14(18)17-8-9-4-3-5-16-9;/h6-7,9,16H,3-5,8H2,1-2H3,(H,17,18);1H. The van der Waals surface area contributed by atoms with Gasteiger partial charge in [0.2, 0.25) is 0 Å². The van der Waals surface area contributed by atoms with Gasteiger partial charge in [0.1, 0.15) is 5.82 Å². The van der Waals surface area contributed by atoms with Crippen molar-refractivity contribution in [1.82, 2.24) is 10.6 Å². The van der Waals surface area contributed by atoms with Gasteiger partial charge >= 0.3 is 0 Å². The minimum Gasteiger partial charge on any atom is -0.493 e. The number of carbonyl (C=O) groups is 1. The second-order valence-electron chi connectivity index (χ2n) is 4.69. The number of benzene rings is 1. The van der Waals surface area contributed by atoms with Gasteiger partial charge in [-0.1, -0.05) is 0 Å². The maximum absolute atomic E-state index is 13.9. The van der Waals surface area contributed by atoms with Crippen LogP contribution < -0.4 is 20.1 Å². The molecule has 5 nitrogen and oxygen atoms in total. The molecule has 1 unspecified atom stereocenters. The molecule has 7 heteroatoms. The van der Waals surface area contributed by atoms with Gasteiger partial charge in [0.05, 0.1) is 19.8 Å². The van der Waals surface area contributed by atoms with Gasteiger partial charge in [0, 0.05) is 18.7 Å². The van der Waals surface area contributed by atoms with Gasteiger partial charge in [0.25, 0.3) is 5.91 Å². The van der Waals surface area contributed by atoms with Crippen LogP contribution in [0.1, 0.15) is 23.2 Å². The summed E-state index contributed by atoms with van der Waals surface area (Å²) in [5, 5.41) is 6.00. The molecule has 0 radical (unpaired) electrons. The number of carbonyl (C=O) groups excluding carboxylic acids is 1. The molecule has 21 heavy (non-hydrogen) atoms. The van der Waals surface area contributed by atoms with Crippen LogP contribution in [0.5, 0.6) is 11.5 Å². The van der Waals surface area contributed by atoms with Gasteiger partial charge in [-0.2, -0.15) is 0 Å². The lowest BCUT2D eigenvalue weighted by Gasteiger charge is -2.13. The molecule has 0 bridgehead atoms. The number of nitrogens with one attached hydrogen (secondary N) is 2. The van der Waals surface area contributed by atoms with E-state index in [1.165, 1.54) is 20.3 Å². The average Bonchev–Trinajstić information content (AvgIpc) is 2.97. The highest BCUT2D eigenvalue weighted by Gasteiger charge is 2.19. The summed E-state index contributed by atoms with van der Waals surface area (Å²) in [6, 6.07) is 2.77. The van der Waals surface area contributed by atoms with Crippen LogP contribution in [-0.4, -0.2) is 39.3 Å². The van der Waals surface area contributed by atoms with E-state index in [4.69, 9.17) is 9.47 Å². The summed E-state index contributed by atoms with van der Waals surface area (Å²) < 4.78 is 24.0. The summed E-state index contributed by atoms with van der Waals surface area (Å²) in [6.45, 7) is 1.46. The molecule has 1 saturated heterocycles. The van der Waals surface area contributed by atoms with Gasteiger partial charge in [-0.25, -0.2) is 4.39 Å². The molecule has 0 saturated carbocycles. The maximum Gasteiger partial charge on any atom is 0.254 e. The third kappa shape index (κ3) is 4.22. The predicted molar refractivity (Wildman–Crippen MR) is 80.1 cm³/mol. The molecule has 2 N–H and O–H groups in total. The fourth-order valence-corrected chi connectivity index (χ4v) is 2.27. The maximum atomic E-state index is 13.9. The number of hydrogen-bond donors (Lipinski definition) is 2. The molecule has 0 aliphatic carbocycles. The summed E-state index contributed by atoms with van der Waals surface area (Å²) in [6.07, 6.45) is 2.12. The summed E-state index contributed by atoms with van der Waals surface area (Å²) >= 11 is 0. The average molecular weight is 319 g/mol. The molecule has 2 rings (SSSR count). The number of rotatable bonds is 5. The Morgan fingerprint density at radius 3 is 2.62 bits per heavy atom. The summed E-state index contributed by atoms with van der Waals surface area (Å²) in [5.41, 5.74) is -0.0411. The van der Waals surface area contributed by atoms with E-state index in [0.717, 1.165) is 25.5 Å². The predicted octanol–water partition coefficient (Wildman–Crippen LogP) is 1.75. The van der Waals surface area contributed by atoms with Crippen molar-refractivity contribution in [3.63, 3.8) is 0 Å². The van der Waals surface area contributed by atoms with Crippen molar-refractivity contribution in [3.05, 3.63) is 23.5 Å². The Balaban J connectivity index is 0.00000220. The minimum absolute atomic E-state index is 0. The smallest absolute Gasteiger partial charge is 0.254 e. The molecule has 1 aromatic carbocycles.